The summed E-state index contributed by atoms with van der Waals surface area (Å²) in [5, 5.41) is 5.31. The molecule has 0 aliphatic rings. The Bertz CT molecular complexity index is 1000. The number of nitrogens with one attached hydrogen (secondary N) is 1. The third-order valence-electron chi connectivity index (χ3n) is 4.66. The molecule has 3 rings (SSSR count). The van der Waals surface area contributed by atoms with Gasteiger partial charge in [0.05, 0.1) is 11.8 Å². The highest BCUT2D eigenvalue weighted by molar-refractivity contribution is 7.14. The Labute approximate surface area is 188 Å². The monoisotopic (exact) mass is 438 g/mol. The van der Waals surface area contributed by atoms with Crippen LogP contribution in [0.2, 0.25) is 0 Å². The van der Waals surface area contributed by atoms with Crippen molar-refractivity contribution in [1.29, 1.82) is 0 Å². The standard InChI is InChI=1S/C25H30N2O3S/c1-16(2)29-20-11-7-18(8-12-20)22-15-31-24(26-22)27-23(28)17(3)30-21-13-9-19(10-14-21)25(4,5)6/h7-17H,1-6H3,(H,26,27,28). The molecule has 1 amide bonds. The van der Waals surface area contributed by atoms with E-state index in [9.17, 15) is 4.79 Å². The Balaban J connectivity index is 1.59. The first-order chi connectivity index (χ1) is 14.6. The molecule has 1 aromatic heterocycles. The van der Waals surface area contributed by atoms with Crippen LogP contribution in [0.15, 0.2) is 53.9 Å². The second-order valence-electron chi connectivity index (χ2n) is 8.75. The topological polar surface area (TPSA) is 60.5 Å². The van der Waals surface area contributed by atoms with Gasteiger partial charge in [0.15, 0.2) is 11.2 Å². The lowest BCUT2D eigenvalue weighted by Crippen LogP contribution is -2.30. The number of carbonyl (C=O) groups excluding carboxylic acids is 1. The Hall–Kier alpha value is -2.86. The smallest absolute Gasteiger partial charge is 0.266 e. The minimum Gasteiger partial charge on any atom is -0.491 e. The number of hydrogen-bond acceptors (Lipinski definition) is 5. The summed E-state index contributed by atoms with van der Waals surface area (Å²) >= 11 is 1.39. The zero-order valence-corrected chi connectivity index (χ0v) is 19.7. The van der Waals surface area contributed by atoms with Crippen molar-refractivity contribution in [2.24, 2.45) is 0 Å². The van der Waals surface area contributed by atoms with Crippen LogP contribution in [0.4, 0.5) is 5.13 Å². The van der Waals surface area contributed by atoms with Gasteiger partial charge in [-0.1, -0.05) is 32.9 Å². The van der Waals surface area contributed by atoms with E-state index in [1.54, 1.807) is 6.92 Å². The van der Waals surface area contributed by atoms with Gasteiger partial charge >= 0.3 is 0 Å². The molecule has 0 aliphatic carbocycles. The molecule has 3 aromatic rings. The fourth-order valence-electron chi connectivity index (χ4n) is 2.94. The minimum atomic E-state index is -0.639. The van der Waals surface area contributed by atoms with Gasteiger partial charge in [-0.15, -0.1) is 11.3 Å². The summed E-state index contributed by atoms with van der Waals surface area (Å²) in [5.41, 5.74) is 3.07. The maximum Gasteiger partial charge on any atom is 0.266 e. The lowest BCUT2D eigenvalue weighted by Gasteiger charge is -2.20. The Morgan fingerprint density at radius 2 is 1.52 bits per heavy atom. The normalized spacial score (nSPS) is 12.5. The van der Waals surface area contributed by atoms with E-state index in [0.717, 1.165) is 17.0 Å². The first kappa shape index (κ1) is 22.8. The van der Waals surface area contributed by atoms with E-state index in [2.05, 4.69) is 31.1 Å². The fourth-order valence-corrected chi connectivity index (χ4v) is 3.66. The molecule has 0 saturated heterocycles. The summed E-state index contributed by atoms with van der Waals surface area (Å²) in [6.07, 6.45) is -0.507. The van der Waals surface area contributed by atoms with Gasteiger partial charge in [-0.3, -0.25) is 10.1 Å². The van der Waals surface area contributed by atoms with Crippen LogP contribution in [0.1, 0.15) is 47.1 Å². The minimum absolute atomic E-state index is 0.0752. The van der Waals surface area contributed by atoms with Gasteiger partial charge in [-0.2, -0.15) is 0 Å². The highest BCUT2D eigenvalue weighted by atomic mass is 32.1. The third-order valence-corrected chi connectivity index (χ3v) is 5.42. The highest BCUT2D eigenvalue weighted by Crippen LogP contribution is 2.28. The highest BCUT2D eigenvalue weighted by Gasteiger charge is 2.18. The molecule has 0 bridgehead atoms. The van der Waals surface area contributed by atoms with Crippen LogP contribution in [0.25, 0.3) is 11.3 Å². The summed E-state index contributed by atoms with van der Waals surface area (Å²) in [4.78, 5) is 17.1. The summed E-state index contributed by atoms with van der Waals surface area (Å²) in [6.45, 7) is 12.2. The van der Waals surface area contributed by atoms with Gasteiger partial charge < -0.3 is 9.47 Å². The van der Waals surface area contributed by atoms with E-state index >= 15 is 0 Å². The van der Waals surface area contributed by atoms with E-state index in [-0.39, 0.29) is 17.4 Å². The predicted octanol–water partition coefficient (Wildman–Crippen LogP) is 6.30. The molecule has 0 fully saturated rings. The van der Waals surface area contributed by atoms with E-state index in [1.807, 2.05) is 67.8 Å². The molecule has 6 heteroatoms. The molecule has 164 valence electrons. The predicted molar refractivity (Wildman–Crippen MR) is 127 cm³/mol. The van der Waals surface area contributed by atoms with Gasteiger partial charge in [0, 0.05) is 10.9 Å². The van der Waals surface area contributed by atoms with Gasteiger partial charge in [-0.25, -0.2) is 4.98 Å². The van der Waals surface area contributed by atoms with Crippen LogP contribution in [-0.4, -0.2) is 23.1 Å². The van der Waals surface area contributed by atoms with Crippen LogP contribution in [0, 0.1) is 0 Å². The summed E-state index contributed by atoms with van der Waals surface area (Å²) < 4.78 is 11.5. The number of rotatable bonds is 7. The average Bonchev–Trinajstić information content (AvgIpc) is 3.16. The number of ether oxygens (including phenoxy) is 2. The van der Waals surface area contributed by atoms with Gasteiger partial charge in [0.25, 0.3) is 5.91 Å². The Morgan fingerprint density at radius 3 is 2.10 bits per heavy atom. The molecular weight excluding hydrogens is 408 g/mol. The van der Waals surface area contributed by atoms with Crippen molar-refractivity contribution in [1.82, 2.24) is 4.98 Å². The molecule has 0 spiro atoms. The molecule has 0 aliphatic heterocycles. The molecule has 1 unspecified atom stereocenters. The van der Waals surface area contributed by atoms with Gasteiger partial charge in [0.1, 0.15) is 11.5 Å². The second kappa shape index (κ2) is 9.52. The number of anilines is 1. The van der Waals surface area contributed by atoms with Crippen molar-refractivity contribution in [3.05, 3.63) is 59.5 Å². The van der Waals surface area contributed by atoms with Crippen molar-refractivity contribution in [2.45, 2.75) is 59.2 Å². The van der Waals surface area contributed by atoms with E-state index < -0.39 is 6.10 Å². The number of hydrogen-bond donors (Lipinski definition) is 1. The molecular formula is C25H30N2O3S. The molecule has 0 saturated carbocycles. The lowest BCUT2D eigenvalue weighted by atomic mass is 9.87. The quantitative estimate of drug-likeness (QED) is 0.470. The molecule has 0 radical (unpaired) electrons. The first-order valence-electron chi connectivity index (χ1n) is 10.4. The third kappa shape index (κ3) is 6.31. The van der Waals surface area contributed by atoms with Crippen molar-refractivity contribution in [2.75, 3.05) is 5.32 Å². The number of benzene rings is 2. The lowest BCUT2D eigenvalue weighted by molar-refractivity contribution is -0.122. The van der Waals surface area contributed by atoms with Crippen molar-refractivity contribution in [3.63, 3.8) is 0 Å². The van der Waals surface area contributed by atoms with Crippen molar-refractivity contribution < 1.29 is 14.3 Å². The van der Waals surface area contributed by atoms with E-state index in [4.69, 9.17) is 9.47 Å². The van der Waals surface area contributed by atoms with Crippen LogP contribution in [0.5, 0.6) is 11.5 Å². The Kier molecular flexibility index (Phi) is 7.01. The molecule has 5 nitrogen and oxygen atoms in total. The van der Waals surface area contributed by atoms with Crippen LogP contribution >= 0.6 is 11.3 Å². The van der Waals surface area contributed by atoms with Crippen LogP contribution in [-0.2, 0) is 10.2 Å². The van der Waals surface area contributed by atoms with E-state index in [1.165, 1.54) is 16.9 Å². The fraction of sp³-hybridized carbons (Fsp3) is 0.360. The van der Waals surface area contributed by atoms with Crippen LogP contribution < -0.4 is 14.8 Å². The number of thiazole rings is 1. The average molecular weight is 439 g/mol. The van der Waals surface area contributed by atoms with E-state index in [0.29, 0.717) is 10.9 Å². The SMILES string of the molecule is CC(C)Oc1ccc(-c2csc(NC(=O)C(C)Oc3ccc(C(C)(C)C)cc3)n2)cc1. The van der Waals surface area contributed by atoms with Gasteiger partial charge in [0.2, 0.25) is 0 Å². The molecule has 1 atom stereocenters. The molecule has 1 heterocycles. The summed E-state index contributed by atoms with van der Waals surface area (Å²) in [7, 11) is 0. The molecule has 1 N–H and O–H groups in total. The van der Waals surface area contributed by atoms with Crippen molar-refractivity contribution in [3.8, 4) is 22.8 Å². The molecule has 31 heavy (non-hydrogen) atoms. The summed E-state index contributed by atoms with van der Waals surface area (Å²) in [5.74, 6) is 1.25. The maximum absolute atomic E-state index is 12.6. The zero-order chi connectivity index (χ0) is 22.6. The maximum atomic E-state index is 12.6. The Morgan fingerprint density at radius 1 is 0.935 bits per heavy atom. The number of carbonyl (C=O) groups is 1. The zero-order valence-electron chi connectivity index (χ0n) is 18.9. The van der Waals surface area contributed by atoms with Crippen molar-refractivity contribution >= 4 is 22.4 Å². The number of amides is 1. The second-order valence-corrected chi connectivity index (χ2v) is 9.61. The van der Waals surface area contributed by atoms with Crippen LogP contribution in [0.3, 0.4) is 0 Å². The molecule has 2 aromatic carbocycles. The number of nitrogens with zero attached hydrogens (tertiary/aromatic N) is 1. The summed E-state index contributed by atoms with van der Waals surface area (Å²) in [6, 6.07) is 15.6. The largest absolute Gasteiger partial charge is 0.491 e. The first-order valence-corrected chi connectivity index (χ1v) is 11.3. The number of aromatic nitrogens is 1. The van der Waals surface area contributed by atoms with Gasteiger partial charge in [-0.05, 0) is 68.1 Å².